The summed E-state index contributed by atoms with van der Waals surface area (Å²) in [6, 6.07) is 0. The normalized spacial score (nSPS) is 14.6. The Balaban J connectivity index is 4.98. The maximum absolute atomic E-state index is 12.8. The molecular formula is C58H89O11P. The van der Waals surface area contributed by atoms with Crippen LogP contribution in [0.2, 0.25) is 0 Å². The lowest BCUT2D eigenvalue weighted by Crippen LogP contribution is -2.30. The molecule has 0 heterocycles. The van der Waals surface area contributed by atoms with Crippen molar-refractivity contribution < 1.29 is 52.2 Å². The first-order valence-corrected chi connectivity index (χ1v) is 27.2. The number of hydrogen-bond acceptors (Lipinski definition) is 10. The van der Waals surface area contributed by atoms with Gasteiger partial charge in [-0.1, -0.05) is 186 Å². The molecule has 0 rings (SSSR count). The van der Waals surface area contributed by atoms with E-state index in [9.17, 15) is 28.9 Å². The minimum absolute atomic E-state index is 0.0393. The number of esters is 3. The predicted molar refractivity (Wildman–Crippen MR) is 288 cm³/mol. The number of allylic oxidation sites excluding steroid dienone is 23. The minimum Gasteiger partial charge on any atom is -0.462 e. The highest BCUT2D eigenvalue weighted by molar-refractivity contribution is 7.47. The Morgan fingerprint density at radius 3 is 1.24 bits per heavy atom. The fraction of sp³-hybridized carbons (Fsp3) is 0.534. The molecule has 0 radical (unpaired) electrons. The van der Waals surface area contributed by atoms with Crippen molar-refractivity contribution in [1.29, 1.82) is 0 Å². The molecule has 70 heavy (non-hydrogen) atoms. The van der Waals surface area contributed by atoms with E-state index in [2.05, 4.69) is 124 Å². The number of carbonyl (C=O) groups excluding carboxylic acids is 3. The maximum Gasteiger partial charge on any atom is 0.472 e. The average molecular weight is 993 g/mol. The number of rotatable bonds is 45. The number of unbranched alkanes of at least 4 members (excludes halogenated alkanes) is 5. The SMILES string of the molecule is CC/C=C\C/C=C\C/C=C\C/C=C\C/C=C\CC(=O)OC(COC(=O)CCCCCCC/C=C\C/C=C\C/C=C\CC)COP(=O)(O)OCC(CO)OC(=O)CC/C=C\C/C=C\C/C=C\C/C=C\CC. The third-order valence-corrected chi connectivity index (χ3v) is 10.7. The van der Waals surface area contributed by atoms with E-state index >= 15 is 0 Å². The molecule has 0 fully saturated rings. The van der Waals surface area contributed by atoms with Crippen LogP contribution >= 0.6 is 7.82 Å². The van der Waals surface area contributed by atoms with Crippen LogP contribution in [0.5, 0.6) is 0 Å². The van der Waals surface area contributed by atoms with Gasteiger partial charge in [-0.05, 0) is 103 Å². The number of aliphatic hydroxyl groups excluding tert-OH is 1. The van der Waals surface area contributed by atoms with Crippen molar-refractivity contribution in [2.45, 2.75) is 174 Å². The minimum atomic E-state index is -4.80. The maximum atomic E-state index is 12.8. The zero-order valence-electron chi connectivity index (χ0n) is 42.9. The molecule has 0 aromatic rings. The quantitative estimate of drug-likeness (QED) is 0.0197. The molecule has 3 atom stereocenters. The first-order valence-electron chi connectivity index (χ1n) is 25.7. The monoisotopic (exact) mass is 993 g/mol. The molecule has 0 aromatic heterocycles. The first-order chi connectivity index (χ1) is 34.2. The van der Waals surface area contributed by atoms with E-state index in [-0.39, 0.29) is 19.3 Å². The van der Waals surface area contributed by atoms with Crippen LogP contribution < -0.4 is 0 Å². The topological polar surface area (TPSA) is 155 Å². The summed E-state index contributed by atoms with van der Waals surface area (Å²) in [6.45, 7) is 4.03. The molecule has 0 saturated carbocycles. The Labute approximate surface area is 422 Å². The summed E-state index contributed by atoms with van der Waals surface area (Å²) in [5, 5.41) is 9.76. The van der Waals surface area contributed by atoms with Gasteiger partial charge < -0.3 is 24.2 Å². The third kappa shape index (κ3) is 48.4. The zero-order valence-corrected chi connectivity index (χ0v) is 43.8. The van der Waals surface area contributed by atoms with Crippen molar-refractivity contribution >= 4 is 25.7 Å². The largest absolute Gasteiger partial charge is 0.472 e. The lowest BCUT2D eigenvalue weighted by molar-refractivity contribution is -0.160. The molecule has 12 heteroatoms. The Kier molecular flexibility index (Phi) is 47.4. The summed E-state index contributed by atoms with van der Waals surface area (Å²) in [5.74, 6) is -1.75. The van der Waals surface area contributed by atoms with E-state index in [1.807, 2.05) is 36.5 Å². The van der Waals surface area contributed by atoms with Crippen molar-refractivity contribution in [2.75, 3.05) is 26.4 Å². The number of phosphoric ester groups is 1. The van der Waals surface area contributed by atoms with Gasteiger partial charge in [0, 0.05) is 12.8 Å². The van der Waals surface area contributed by atoms with E-state index in [0.717, 1.165) is 103 Å². The van der Waals surface area contributed by atoms with Gasteiger partial charge in [0.2, 0.25) is 0 Å². The summed E-state index contributed by atoms with van der Waals surface area (Å²) >= 11 is 0. The molecule has 0 aliphatic carbocycles. The zero-order chi connectivity index (χ0) is 51.3. The van der Waals surface area contributed by atoms with Crippen LogP contribution in [0.3, 0.4) is 0 Å². The van der Waals surface area contributed by atoms with E-state index in [4.69, 9.17) is 23.3 Å². The lowest BCUT2D eigenvalue weighted by Gasteiger charge is -2.21. The van der Waals surface area contributed by atoms with Gasteiger partial charge in [-0.3, -0.25) is 23.4 Å². The molecule has 0 aliphatic rings. The molecule has 11 nitrogen and oxygen atoms in total. The van der Waals surface area contributed by atoms with Gasteiger partial charge in [-0.15, -0.1) is 0 Å². The number of aliphatic hydroxyl groups is 1. The molecule has 0 amide bonds. The van der Waals surface area contributed by atoms with Crippen LogP contribution in [0, 0.1) is 0 Å². The smallest absolute Gasteiger partial charge is 0.462 e. The van der Waals surface area contributed by atoms with Crippen LogP contribution in [0.25, 0.3) is 0 Å². The van der Waals surface area contributed by atoms with Crippen molar-refractivity contribution in [1.82, 2.24) is 0 Å². The fourth-order valence-electron chi connectivity index (χ4n) is 5.99. The molecule has 0 saturated heterocycles. The van der Waals surface area contributed by atoms with E-state index < -0.39 is 64.4 Å². The lowest BCUT2D eigenvalue weighted by atomic mass is 10.1. The Morgan fingerprint density at radius 2 is 0.786 bits per heavy atom. The van der Waals surface area contributed by atoms with E-state index in [0.29, 0.717) is 19.3 Å². The molecular weight excluding hydrogens is 904 g/mol. The highest BCUT2D eigenvalue weighted by Crippen LogP contribution is 2.43. The molecule has 0 spiro atoms. The van der Waals surface area contributed by atoms with Gasteiger partial charge in [0.05, 0.1) is 26.2 Å². The first kappa shape index (κ1) is 65.4. The van der Waals surface area contributed by atoms with Crippen LogP contribution in [-0.2, 0) is 42.2 Å². The van der Waals surface area contributed by atoms with Crippen molar-refractivity contribution in [2.24, 2.45) is 0 Å². The number of ether oxygens (including phenoxy) is 3. The van der Waals surface area contributed by atoms with E-state index in [1.165, 1.54) is 0 Å². The standard InChI is InChI=1S/C58H89O11P/c1-4-7-10-13-16-19-22-25-27-30-32-35-38-41-44-47-56(60)65-51-55(69-58(62)49-46-43-40-37-34-31-28-26-23-20-17-14-11-8-5-2)53-67-70(63,64)66-52-54(50-59)68-57(61)48-45-42-39-36-33-29-24-21-18-15-12-9-6-3/h7-12,16-21,25-29,33-34,37,39,42-43,46,54-55,59H,4-6,13-15,22-24,30-32,35-36,38,40-41,44-45,47-53H2,1-3H3,(H,63,64)/b10-7-,11-8-,12-9-,19-16-,20-17-,21-18-,27-25-,28-26-,33-29-,37-34-,42-39-,46-43-. The number of phosphoric acid groups is 1. The van der Waals surface area contributed by atoms with Crippen LogP contribution in [0.1, 0.15) is 162 Å². The molecule has 0 aliphatic heterocycles. The summed E-state index contributed by atoms with van der Waals surface area (Å²) in [7, 11) is -4.80. The summed E-state index contributed by atoms with van der Waals surface area (Å²) in [4.78, 5) is 48.2. The number of carbonyl (C=O) groups is 3. The highest BCUT2D eigenvalue weighted by atomic mass is 31.2. The Hall–Kier alpha value is -4.64. The van der Waals surface area contributed by atoms with Gasteiger partial charge in [-0.25, -0.2) is 4.57 Å². The molecule has 0 bridgehead atoms. The summed E-state index contributed by atoms with van der Waals surface area (Å²) < 4.78 is 39.1. The van der Waals surface area contributed by atoms with Crippen molar-refractivity contribution in [3.63, 3.8) is 0 Å². The molecule has 3 unspecified atom stereocenters. The van der Waals surface area contributed by atoms with Crippen LogP contribution in [-0.4, -0.2) is 66.5 Å². The van der Waals surface area contributed by atoms with Gasteiger partial charge in [-0.2, -0.15) is 0 Å². The number of hydrogen-bond donors (Lipinski definition) is 2. The Bertz CT molecular complexity index is 1730. The van der Waals surface area contributed by atoms with Crippen molar-refractivity contribution in [3.05, 3.63) is 146 Å². The van der Waals surface area contributed by atoms with Gasteiger partial charge in [0.1, 0.15) is 12.7 Å². The molecule has 0 aromatic carbocycles. The third-order valence-electron chi connectivity index (χ3n) is 9.79. The summed E-state index contributed by atoms with van der Waals surface area (Å²) in [5.41, 5.74) is 0. The van der Waals surface area contributed by atoms with Gasteiger partial charge >= 0.3 is 25.7 Å². The predicted octanol–water partition coefficient (Wildman–Crippen LogP) is 14.8. The van der Waals surface area contributed by atoms with E-state index in [1.54, 1.807) is 6.08 Å². The summed E-state index contributed by atoms with van der Waals surface area (Å²) in [6.07, 6.45) is 64.4. The second-order valence-corrected chi connectivity index (χ2v) is 17.7. The van der Waals surface area contributed by atoms with Crippen molar-refractivity contribution in [3.8, 4) is 0 Å². The van der Waals surface area contributed by atoms with Gasteiger partial charge in [0.25, 0.3) is 0 Å². The van der Waals surface area contributed by atoms with Crippen LogP contribution in [0.4, 0.5) is 0 Å². The second kappa shape index (κ2) is 50.7. The van der Waals surface area contributed by atoms with Crippen LogP contribution in [0.15, 0.2) is 146 Å². The highest BCUT2D eigenvalue weighted by Gasteiger charge is 2.28. The average Bonchev–Trinajstić information content (AvgIpc) is 3.35. The molecule has 392 valence electrons. The fourth-order valence-corrected chi connectivity index (χ4v) is 6.77. The molecule has 2 N–H and O–H groups in total. The van der Waals surface area contributed by atoms with Gasteiger partial charge in [0.15, 0.2) is 6.10 Å². The Morgan fingerprint density at radius 1 is 0.414 bits per heavy atom. The second-order valence-electron chi connectivity index (χ2n) is 16.2.